The molecule has 0 bridgehead atoms. The summed E-state index contributed by atoms with van der Waals surface area (Å²) in [4.78, 5) is 25.3. The average molecular weight is 369 g/mol. The van der Waals surface area contributed by atoms with E-state index in [1.54, 1.807) is 14.2 Å². The summed E-state index contributed by atoms with van der Waals surface area (Å²) >= 11 is 0. The first-order valence-corrected chi connectivity index (χ1v) is 9.41. The van der Waals surface area contributed by atoms with Crippen molar-refractivity contribution in [1.29, 1.82) is 0 Å². The number of likely N-dealkylation sites (N-methyl/N-ethyl adjacent to an activating group) is 1. The van der Waals surface area contributed by atoms with Crippen molar-refractivity contribution < 1.29 is 22.7 Å². The van der Waals surface area contributed by atoms with Crippen LogP contribution >= 0.6 is 0 Å². The molecule has 1 aromatic carbocycles. The fraction of sp³-hybridized carbons (Fsp3) is 0.500. The minimum absolute atomic E-state index is 0.0687. The SMILES string of the molecule is COCCNC(=O)c1ccc(S(=O)(=O)N2CCC(=O)N(C)CC2)cc1. The third kappa shape index (κ3) is 4.77. The average Bonchev–Trinajstić information content (AvgIpc) is 2.77. The van der Waals surface area contributed by atoms with Gasteiger partial charge in [0.1, 0.15) is 0 Å². The van der Waals surface area contributed by atoms with E-state index in [0.29, 0.717) is 25.3 Å². The van der Waals surface area contributed by atoms with E-state index in [0.717, 1.165) is 0 Å². The van der Waals surface area contributed by atoms with Crippen LogP contribution in [0.4, 0.5) is 0 Å². The van der Waals surface area contributed by atoms with Crippen molar-refractivity contribution in [3.8, 4) is 0 Å². The molecule has 0 saturated carbocycles. The molecule has 0 atom stereocenters. The molecule has 1 heterocycles. The maximum absolute atomic E-state index is 12.7. The molecule has 25 heavy (non-hydrogen) atoms. The van der Waals surface area contributed by atoms with Crippen molar-refractivity contribution in [1.82, 2.24) is 14.5 Å². The van der Waals surface area contributed by atoms with Crippen LogP contribution in [-0.2, 0) is 19.6 Å². The van der Waals surface area contributed by atoms with Crippen LogP contribution in [0.5, 0.6) is 0 Å². The summed E-state index contributed by atoms with van der Waals surface area (Å²) in [5.74, 6) is -0.358. The molecule has 0 unspecified atom stereocenters. The zero-order valence-electron chi connectivity index (χ0n) is 14.4. The molecule has 0 radical (unpaired) electrons. The van der Waals surface area contributed by atoms with Gasteiger partial charge in [-0.15, -0.1) is 0 Å². The van der Waals surface area contributed by atoms with Gasteiger partial charge in [-0.05, 0) is 24.3 Å². The van der Waals surface area contributed by atoms with Crippen LogP contribution in [0.3, 0.4) is 0 Å². The van der Waals surface area contributed by atoms with Gasteiger partial charge in [0.2, 0.25) is 15.9 Å². The third-order valence-electron chi connectivity index (χ3n) is 4.03. The number of sulfonamides is 1. The minimum Gasteiger partial charge on any atom is -0.383 e. The third-order valence-corrected chi connectivity index (χ3v) is 5.94. The van der Waals surface area contributed by atoms with Crippen LogP contribution in [0, 0.1) is 0 Å². The summed E-state index contributed by atoms with van der Waals surface area (Å²) in [5, 5.41) is 2.67. The van der Waals surface area contributed by atoms with Crippen molar-refractivity contribution >= 4 is 21.8 Å². The van der Waals surface area contributed by atoms with Crippen molar-refractivity contribution in [2.45, 2.75) is 11.3 Å². The van der Waals surface area contributed by atoms with Crippen LogP contribution in [-0.4, -0.2) is 76.4 Å². The molecule has 0 aromatic heterocycles. The number of benzene rings is 1. The van der Waals surface area contributed by atoms with Crippen molar-refractivity contribution in [3.63, 3.8) is 0 Å². The van der Waals surface area contributed by atoms with E-state index in [-0.39, 0.29) is 36.2 Å². The maximum Gasteiger partial charge on any atom is 0.251 e. The largest absolute Gasteiger partial charge is 0.383 e. The van der Waals surface area contributed by atoms with Gasteiger partial charge in [-0.3, -0.25) is 9.59 Å². The van der Waals surface area contributed by atoms with Gasteiger partial charge in [0.25, 0.3) is 5.91 Å². The Hall–Kier alpha value is -1.97. The van der Waals surface area contributed by atoms with E-state index >= 15 is 0 Å². The molecule has 0 spiro atoms. The number of rotatable bonds is 6. The number of carbonyl (C=O) groups is 2. The minimum atomic E-state index is -3.69. The van der Waals surface area contributed by atoms with Gasteiger partial charge in [0.05, 0.1) is 11.5 Å². The molecule has 1 aliphatic heterocycles. The predicted molar refractivity (Wildman–Crippen MR) is 91.7 cm³/mol. The van der Waals surface area contributed by atoms with E-state index in [2.05, 4.69) is 5.32 Å². The van der Waals surface area contributed by atoms with Crippen molar-refractivity contribution in [2.75, 3.05) is 46.9 Å². The molecule has 8 nitrogen and oxygen atoms in total. The molecule has 2 amide bonds. The smallest absolute Gasteiger partial charge is 0.251 e. The summed E-state index contributed by atoms with van der Waals surface area (Å²) < 4.78 is 31.6. The number of amides is 2. The van der Waals surface area contributed by atoms with Crippen LogP contribution in [0.15, 0.2) is 29.2 Å². The number of nitrogens with zero attached hydrogens (tertiary/aromatic N) is 2. The van der Waals surface area contributed by atoms with Crippen LogP contribution in [0.25, 0.3) is 0 Å². The Morgan fingerprint density at radius 3 is 2.52 bits per heavy atom. The summed E-state index contributed by atoms with van der Waals surface area (Å²) in [6.07, 6.45) is 0.162. The molecule has 9 heteroatoms. The van der Waals surface area contributed by atoms with E-state index < -0.39 is 10.0 Å². The second kappa shape index (κ2) is 8.41. The quantitative estimate of drug-likeness (QED) is 0.708. The lowest BCUT2D eigenvalue weighted by Crippen LogP contribution is -2.34. The van der Waals surface area contributed by atoms with Crippen LogP contribution < -0.4 is 5.32 Å². The molecule has 1 aliphatic rings. The Morgan fingerprint density at radius 1 is 1.20 bits per heavy atom. The molecule has 0 aliphatic carbocycles. The first-order chi connectivity index (χ1) is 11.9. The second-order valence-electron chi connectivity index (χ2n) is 5.74. The predicted octanol–water partition coefficient (Wildman–Crippen LogP) is -0.0844. The summed E-state index contributed by atoms with van der Waals surface area (Å²) in [6, 6.07) is 5.78. The molecule has 1 saturated heterocycles. The monoisotopic (exact) mass is 369 g/mol. The van der Waals surface area contributed by atoms with Gasteiger partial charge in [-0.2, -0.15) is 4.31 Å². The van der Waals surface area contributed by atoms with Gasteiger partial charge in [0, 0.05) is 52.3 Å². The Morgan fingerprint density at radius 2 is 1.88 bits per heavy atom. The maximum atomic E-state index is 12.7. The summed E-state index contributed by atoms with van der Waals surface area (Å²) in [7, 11) is -0.489. The lowest BCUT2D eigenvalue weighted by Gasteiger charge is -2.20. The Labute approximate surface area is 147 Å². The molecule has 138 valence electrons. The van der Waals surface area contributed by atoms with Gasteiger partial charge in [-0.1, -0.05) is 0 Å². The Kier molecular flexibility index (Phi) is 6.51. The molecule has 1 N–H and O–H groups in total. The summed E-state index contributed by atoms with van der Waals surface area (Å²) in [6.45, 7) is 1.55. The van der Waals surface area contributed by atoms with Crippen LogP contribution in [0.1, 0.15) is 16.8 Å². The molecule has 1 aromatic rings. The topological polar surface area (TPSA) is 96.0 Å². The van der Waals surface area contributed by atoms with E-state index in [1.807, 2.05) is 0 Å². The zero-order valence-corrected chi connectivity index (χ0v) is 15.2. The van der Waals surface area contributed by atoms with E-state index in [1.165, 1.54) is 33.5 Å². The Bertz CT molecular complexity index is 718. The highest BCUT2D eigenvalue weighted by Gasteiger charge is 2.28. The normalized spacial score (nSPS) is 16.6. The highest BCUT2D eigenvalue weighted by atomic mass is 32.2. The lowest BCUT2D eigenvalue weighted by molar-refractivity contribution is -0.129. The van der Waals surface area contributed by atoms with E-state index in [4.69, 9.17) is 4.74 Å². The molecule has 2 rings (SSSR count). The first kappa shape index (κ1) is 19.4. The number of carbonyl (C=O) groups excluding carboxylic acids is 2. The van der Waals surface area contributed by atoms with Gasteiger partial charge >= 0.3 is 0 Å². The molecular weight excluding hydrogens is 346 g/mol. The second-order valence-corrected chi connectivity index (χ2v) is 7.68. The fourth-order valence-electron chi connectivity index (χ4n) is 2.45. The molecule has 1 fully saturated rings. The van der Waals surface area contributed by atoms with Gasteiger partial charge in [-0.25, -0.2) is 8.42 Å². The number of hydrogen-bond donors (Lipinski definition) is 1. The van der Waals surface area contributed by atoms with Crippen molar-refractivity contribution in [3.05, 3.63) is 29.8 Å². The lowest BCUT2D eigenvalue weighted by atomic mass is 10.2. The zero-order chi connectivity index (χ0) is 18.4. The van der Waals surface area contributed by atoms with Crippen molar-refractivity contribution in [2.24, 2.45) is 0 Å². The first-order valence-electron chi connectivity index (χ1n) is 7.97. The van der Waals surface area contributed by atoms with Gasteiger partial charge < -0.3 is 15.0 Å². The van der Waals surface area contributed by atoms with E-state index in [9.17, 15) is 18.0 Å². The van der Waals surface area contributed by atoms with Gasteiger partial charge in [0.15, 0.2) is 0 Å². The summed E-state index contributed by atoms with van der Waals surface area (Å²) in [5.41, 5.74) is 0.376. The number of methoxy groups -OCH3 is 1. The number of hydrogen-bond acceptors (Lipinski definition) is 5. The highest BCUT2D eigenvalue weighted by molar-refractivity contribution is 7.89. The number of ether oxygens (including phenoxy) is 1. The number of nitrogens with one attached hydrogen (secondary N) is 1. The highest BCUT2D eigenvalue weighted by Crippen LogP contribution is 2.18. The fourth-order valence-corrected chi connectivity index (χ4v) is 3.88. The van der Waals surface area contributed by atoms with Crippen LogP contribution in [0.2, 0.25) is 0 Å². The standard InChI is InChI=1S/C16H23N3O5S/c1-18-10-11-19(9-7-15(18)20)25(22,23)14-5-3-13(4-6-14)16(21)17-8-12-24-2/h3-6H,7-12H2,1-2H3,(H,17,21). The Balaban J connectivity index is 2.09. The molecular formula is C16H23N3O5S.